The number of hydrogen-bond acceptors (Lipinski definition) is 3. The molecule has 1 atom stereocenters. The first-order chi connectivity index (χ1) is 8.88. The molecule has 0 aliphatic carbocycles. The average Bonchev–Trinajstić information content (AvgIpc) is 3.02. The normalized spacial score (nSPS) is 12.7. The van der Waals surface area contributed by atoms with Gasteiger partial charge in [-0.2, -0.15) is 0 Å². The Morgan fingerprint density at radius 1 is 1.33 bits per heavy atom. The first-order valence-corrected chi connectivity index (χ1v) is 7.54. The highest BCUT2D eigenvalue weighted by molar-refractivity contribution is 7.09. The lowest BCUT2D eigenvalue weighted by Gasteiger charge is -2.16. The van der Waals surface area contributed by atoms with Gasteiger partial charge in [0.2, 0.25) is 0 Å². The number of thiophene rings is 1. The van der Waals surface area contributed by atoms with Crippen LogP contribution in [0.2, 0.25) is 0 Å². The smallest absolute Gasteiger partial charge is 0.105 e. The van der Waals surface area contributed by atoms with Crippen molar-refractivity contribution in [2.45, 2.75) is 38.6 Å². The molecule has 0 aromatic carbocycles. The van der Waals surface area contributed by atoms with Gasteiger partial charge in [0.1, 0.15) is 5.76 Å². The molecule has 0 radical (unpaired) electrons. The molecule has 2 rings (SSSR count). The van der Waals surface area contributed by atoms with Gasteiger partial charge in [-0.3, -0.25) is 0 Å². The second-order valence-electron chi connectivity index (χ2n) is 4.51. The monoisotopic (exact) mass is 263 g/mol. The maximum atomic E-state index is 5.42. The summed E-state index contributed by atoms with van der Waals surface area (Å²) in [6.45, 7) is 3.18. The van der Waals surface area contributed by atoms with Crippen LogP contribution in [-0.2, 0) is 12.8 Å². The van der Waals surface area contributed by atoms with Crippen molar-refractivity contribution < 1.29 is 4.42 Å². The van der Waals surface area contributed by atoms with Crippen molar-refractivity contribution in [3.63, 3.8) is 0 Å². The minimum Gasteiger partial charge on any atom is -0.469 e. The number of hydrogen-bond donors (Lipinski definition) is 1. The molecule has 98 valence electrons. The molecule has 2 heterocycles. The van der Waals surface area contributed by atoms with Gasteiger partial charge in [-0.25, -0.2) is 0 Å². The lowest BCUT2D eigenvalue weighted by atomic mass is 10.0. The van der Waals surface area contributed by atoms with E-state index in [2.05, 4.69) is 35.8 Å². The molecule has 0 saturated carbocycles. The number of likely N-dealkylation sites (N-methyl/N-ethyl adjacent to an activating group) is 1. The molecule has 2 aromatic rings. The second kappa shape index (κ2) is 7.39. The van der Waals surface area contributed by atoms with Gasteiger partial charge in [0.15, 0.2) is 0 Å². The third kappa shape index (κ3) is 4.31. The van der Waals surface area contributed by atoms with Crippen LogP contribution >= 0.6 is 11.3 Å². The zero-order valence-electron chi connectivity index (χ0n) is 10.9. The van der Waals surface area contributed by atoms with E-state index in [1.54, 1.807) is 6.26 Å². The first kappa shape index (κ1) is 13.4. The molecule has 0 saturated heterocycles. The summed E-state index contributed by atoms with van der Waals surface area (Å²) in [4.78, 5) is 1.49. The molecule has 1 unspecified atom stereocenters. The van der Waals surface area contributed by atoms with Crippen molar-refractivity contribution in [1.82, 2.24) is 5.32 Å². The fourth-order valence-electron chi connectivity index (χ4n) is 2.21. The Bertz CT molecular complexity index is 408. The summed E-state index contributed by atoms with van der Waals surface area (Å²) in [5.74, 6) is 1.08. The van der Waals surface area contributed by atoms with Crippen LogP contribution in [0.3, 0.4) is 0 Å². The van der Waals surface area contributed by atoms with E-state index in [1.807, 2.05) is 17.4 Å². The fourth-order valence-corrected chi connectivity index (χ4v) is 2.97. The van der Waals surface area contributed by atoms with Crippen LogP contribution in [0.1, 0.15) is 30.4 Å². The predicted octanol–water partition coefficient (Wildman–Crippen LogP) is 3.88. The van der Waals surface area contributed by atoms with Gasteiger partial charge in [-0.05, 0) is 49.4 Å². The number of rotatable bonds is 8. The van der Waals surface area contributed by atoms with E-state index < -0.39 is 0 Å². The van der Waals surface area contributed by atoms with Crippen LogP contribution in [0.5, 0.6) is 0 Å². The molecule has 0 fully saturated rings. The van der Waals surface area contributed by atoms with Crippen LogP contribution in [0.4, 0.5) is 0 Å². The first-order valence-electron chi connectivity index (χ1n) is 6.66. The average molecular weight is 263 g/mol. The number of aryl methyl sites for hydroxylation is 1. The van der Waals surface area contributed by atoms with E-state index in [1.165, 1.54) is 24.1 Å². The highest BCUT2D eigenvalue weighted by Crippen LogP contribution is 2.14. The van der Waals surface area contributed by atoms with Gasteiger partial charge >= 0.3 is 0 Å². The number of furan rings is 1. The summed E-state index contributed by atoms with van der Waals surface area (Å²) in [6, 6.07) is 8.90. The Hall–Kier alpha value is -1.06. The van der Waals surface area contributed by atoms with Crippen LogP contribution < -0.4 is 5.32 Å². The topological polar surface area (TPSA) is 25.2 Å². The van der Waals surface area contributed by atoms with Crippen LogP contribution in [0, 0.1) is 0 Å². The largest absolute Gasteiger partial charge is 0.469 e. The Kier molecular flexibility index (Phi) is 5.49. The predicted molar refractivity (Wildman–Crippen MR) is 77.1 cm³/mol. The van der Waals surface area contributed by atoms with Crippen molar-refractivity contribution in [2.75, 3.05) is 6.54 Å². The lowest BCUT2D eigenvalue weighted by Crippen LogP contribution is -2.30. The molecule has 0 spiro atoms. The molecule has 2 aromatic heterocycles. The van der Waals surface area contributed by atoms with Gasteiger partial charge in [-0.15, -0.1) is 11.3 Å². The summed E-state index contributed by atoms with van der Waals surface area (Å²) in [5, 5.41) is 5.70. The molecule has 1 N–H and O–H groups in total. The van der Waals surface area contributed by atoms with Crippen LogP contribution in [-0.4, -0.2) is 12.6 Å². The molecule has 3 heteroatoms. The van der Waals surface area contributed by atoms with Crippen molar-refractivity contribution in [3.05, 3.63) is 46.5 Å². The second-order valence-corrected chi connectivity index (χ2v) is 5.54. The van der Waals surface area contributed by atoms with Crippen molar-refractivity contribution in [3.8, 4) is 0 Å². The van der Waals surface area contributed by atoms with E-state index in [0.29, 0.717) is 6.04 Å². The highest BCUT2D eigenvalue weighted by Gasteiger charge is 2.10. The Morgan fingerprint density at radius 2 is 2.28 bits per heavy atom. The van der Waals surface area contributed by atoms with E-state index in [9.17, 15) is 0 Å². The lowest BCUT2D eigenvalue weighted by molar-refractivity contribution is 0.423. The summed E-state index contributed by atoms with van der Waals surface area (Å²) < 4.78 is 5.42. The minimum atomic E-state index is 0.529. The van der Waals surface area contributed by atoms with Gasteiger partial charge in [0.05, 0.1) is 6.26 Å². The zero-order chi connectivity index (χ0) is 12.6. The quantitative estimate of drug-likeness (QED) is 0.781. The van der Waals surface area contributed by atoms with Gasteiger partial charge in [0, 0.05) is 17.3 Å². The van der Waals surface area contributed by atoms with E-state index in [4.69, 9.17) is 4.42 Å². The van der Waals surface area contributed by atoms with E-state index >= 15 is 0 Å². The molecule has 0 aliphatic rings. The fraction of sp³-hybridized carbons (Fsp3) is 0.467. The third-order valence-electron chi connectivity index (χ3n) is 3.08. The highest BCUT2D eigenvalue weighted by atomic mass is 32.1. The third-order valence-corrected chi connectivity index (χ3v) is 4.01. The Morgan fingerprint density at radius 3 is 2.94 bits per heavy atom. The maximum Gasteiger partial charge on any atom is 0.105 e. The van der Waals surface area contributed by atoms with E-state index in [-0.39, 0.29) is 0 Å². The van der Waals surface area contributed by atoms with Gasteiger partial charge in [0.25, 0.3) is 0 Å². The van der Waals surface area contributed by atoms with Gasteiger partial charge in [-0.1, -0.05) is 13.0 Å². The van der Waals surface area contributed by atoms with Crippen molar-refractivity contribution in [1.29, 1.82) is 0 Å². The minimum absolute atomic E-state index is 0.529. The summed E-state index contributed by atoms with van der Waals surface area (Å²) >= 11 is 1.85. The summed E-state index contributed by atoms with van der Waals surface area (Å²) in [6.07, 6.45) is 6.37. The molecule has 0 amide bonds. The van der Waals surface area contributed by atoms with Crippen LogP contribution in [0.25, 0.3) is 0 Å². The zero-order valence-corrected chi connectivity index (χ0v) is 11.7. The summed E-state index contributed by atoms with van der Waals surface area (Å²) in [7, 11) is 0. The Balaban J connectivity index is 1.75. The molecule has 18 heavy (non-hydrogen) atoms. The summed E-state index contributed by atoms with van der Waals surface area (Å²) in [5.41, 5.74) is 0. The molecule has 0 aliphatic heterocycles. The van der Waals surface area contributed by atoms with Crippen molar-refractivity contribution >= 4 is 11.3 Å². The number of nitrogens with one attached hydrogen (secondary N) is 1. The van der Waals surface area contributed by atoms with Gasteiger partial charge < -0.3 is 9.73 Å². The standard InChI is InChI=1S/C15H21NOS/c1-2-16-13(12-14-7-4-10-17-14)6-3-8-15-9-5-11-18-15/h4-5,7,9-11,13,16H,2-3,6,8,12H2,1H3. The molecule has 0 bridgehead atoms. The molecular weight excluding hydrogens is 242 g/mol. The SMILES string of the molecule is CCNC(CCCc1cccs1)Cc1ccco1. The van der Waals surface area contributed by atoms with E-state index in [0.717, 1.165) is 18.7 Å². The Labute approximate surface area is 113 Å². The van der Waals surface area contributed by atoms with Crippen molar-refractivity contribution in [2.24, 2.45) is 0 Å². The van der Waals surface area contributed by atoms with Crippen LogP contribution in [0.15, 0.2) is 40.3 Å². The maximum absolute atomic E-state index is 5.42. The molecule has 2 nitrogen and oxygen atoms in total. The molecular formula is C15H21NOS.